The Kier molecular flexibility index (Phi) is 1.90. The molecule has 2 unspecified atom stereocenters. The fourth-order valence-electron chi connectivity index (χ4n) is 2.73. The first kappa shape index (κ1) is 9.34. The fraction of sp³-hybridized carbons (Fsp3) is 0.615. The molecule has 2 nitrogen and oxygen atoms in total. The van der Waals surface area contributed by atoms with E-state index in [9.17, 15) is 5.11 Å². The van der Waals surface area contributed by atoms with Crippen LogP contribution in [-0.2, 0) is 6.42 Å². The molecule has 1 heterocycles. The molecule has 1 N–H and O–H groups in total. The number of aliphatic hydroxyl groups excluding tert-OH is 1. The van der Waals surface area contributed by atoms with Crippen molar-refractivity contribution in [1.29, 1.82) is 0 Å². The van der Waals surface area contributed by atoms with Crippen molar-refractivity contribution in [1.82, 2.24) is 4.98 Å². The zero-order valence-corrected chi connectivity index (χ0v) is 9.11. The summed E-state index contributed by atoms with van der Waals surface area (Å²) in [6, 6.07) is 4.14. The molecule has 0 radical (unpaired) electrons. The van der Waals surface area contributed by atoms with E-state index in [1.165, 1.54) is 18.4 Å². The molecule has 80 valence electrons. The van der Waals surface area contributed by atoms with Gasteiger partial charge in [-0.2, -0.15) is 0 Å². The lowest BCUT2D eigenvalue weighted by atomic mass is 9.88. The van der Waals surface area contributed by atoms with Gasteiger partial charge >= 0.3 is 0 Å². The first-order chi connectivity index (χ1) is 7.21. The Bertz CT molecular complexity index is 384. The highest BCUT2D eigenvalue weighted by molar-refractivity contribution is 5.30. The van der Waals surface area contributed by atoms with Gasteiger partial charge in [0.05, 0.1) is 6.10 Å². The summed E-state index contributed by atoms with van der Waals surface area (Å²) in [6.07, 6.45) is 6.16. The molecule has 1 fully saturated rings. The van der Waals surface area contributed by atoms with E-state index < -0.39 is 0 Å². The smallest absolute Gasteiger partial charge is 0.0677 e. The van der Waals surface area contributed by atoms with Crippen molar-refractivity contribution in [2.45, 2.75) is 44.6 Å². The molecule has 0 aromatic carbocycles. The van der Waals surface area contributed by atoms with Crippen LogP contribution in [0, 0.1) is 5.41 Å². The van der Waals surface area contributed by atoms with Gasteiger partial charge in [0.15, 0.2) is 0 Å². The maximum atomic E-state index is 10.4. The molecule has 2 atom stereocenters. The minimum atomic E-state index is -0.186. The third-order valence-corrected chi connectivity index (χ3v) is 4.14. The Morgan fingerprint density at radius 2 is 2.33 bits per heavy atom. The van der Waals surface area contributed by atoms with E-state index in [1.54, 1.807) is 0 Å². The molecular formula is C13H17NO. The molecule has 0 saturated heterocycles. The summed E-state index contributed by atoms with van der Waals surface area (Å²) < 4.78 is 0. The van der Waals surface area contributed by atoms with Crippen molar-refractivity contribution >= 4 is 0 Å². The third-order valence-electron chi connectivity index (χ3n) is 4.14. The number of aliphatic hydroxyl groups is 1. The molecule has 1 saturated carbocycles. The van der Waals surface area contributed by atoms with Gasteiger partial charge in [0, 0.05) is 17.8 Å². The highest BCUT2D eigenvalue weighted by Gasteiger charge is 2.49. The summed E-state index contributed by atoms with van der Waals surface area (Å²) in [5.41, 5.74) is 2.67. The lowest BCUT2D eigenvalue weighted by Crippen LogP contribution is -2.26. The summed E-state index contributed by atoms with van der Waals surface area (Å²) in [5, 5.41) is 10.4. The lowest BCUT2D eigenvalue weighted by molar-refractivity contribution is 0.0741. The Hall–Kier alpha value is -0.890. The van der Waals surface area contributed by atoms with Crippen LogP contribution in [-0.4, -0.2) is 16.2 Å². The summed E-state index contributed by atoms with van der Waals surface area (Å²) >= 11 is 0. The summed E-state index contributed by atoms with van der Waals surface area (Å²) in [6.45, 7) is 2.19. The van der Waals surface area contributed by atoms with Gasteiger partial charge in [0.1, 0.15) is 0 Å². The average Bonchev–Trinajstić information content (AvgIpc) is 2.87. The summed E-state index contributed by atoms with van der Waals surface area (Å²) in [5.74, 6) is 0.286. The summed E-state index contributed by atoms with van der Waals surface area (Å²) in [4.78, 5) is 4.44. The van der Waals surface area contributed by atoms with Crippen LogP contribution in [0.25, 0.3) is 0 Å². The van der Waals surface area contributed by atoms with E-state index in [0.717, 1.165) is 18.5 Å². The van der Waals surface area contributed by atoms with Crippen LogP contribution in [0.5, 0.6) is 0 Å². The number of hydrogen-bond donors (Lipinski definition) is 1. The molecule has 1 aromatic heterocycles. The number of aromatic nitrogens is 1. The van der Waals surface area contributed by atoms with Gasteiger partial charge in [-0.25, -0.2) is 0 Å². The third kappa shape index (κ3) is 1.39. The zero-order valence-electron chi connectivity index (χ0n) is 9.11. The van der Waals surface area contributed by atoms with Gasteiger partial charge < -0.3 is 5.11 Å². The fourth-order valence-corrected chi connectivity index (χ4v) is 2.73. The lowest BCUT2D eigenvalue weighted by Gasteiger charge is -2.24. The Morgan fingerprint density at radius 1 is 1.53 bits per heavy atom. The minimum Gasteiger partial charge on any atom is -0.392 e. The van der Waals surface area contributed by atoms with Crippen LogP contribution >= 0.6 is 0 Å². The molecule has 0 spiro atoms. The Morgan fingerprint density at radius 3 is 3.07 bits per heavy atom. The van der Waals surface area contributed by atoms with E-state index in [0.29, 0.717) is 0 Å². The Balaban J connectivity index is 1.90. The quantitative estimate of drug-likeness (QED) is 0.800. The predicted octanol–water partition coefficient (Wildman–Crippen LogP) is 2.27. The number of fused-ring (bicyclic) bond motifs is 1. The zero-order chi connectivity index (χ0) is 10.5. The van der Waals surface area contributed by atoms with E-state index in [4.69, 9.17) is 0 Å². The number of hydrogen-bond acceptors (Lipinski definition) is 2. The maximum Gasteiger partial charge on any atom is 0.0677 e. The van der Waals surface area contributed by atoms with E-state index in [-0.39, 0.29) is 17.4 Å². The SMILES string of the molecule is CC1(C(O)C2CCc3cccnc32)CC1. The second-order valence-electron chi connectivity index (χ2n) is 5.29. The second kappa shape index (κ2) is 3.05. The average molecular weight is 203 g/mol. The molecule has 1 aromatic rings. The van der Waals surface area contributed by atoms with Crippen molar-refractivity contribution in [2.75, 3.05) is 0 Å². The molecule has 2 aliphatic carbocycles. The van der Waals surface area contributed by atoms with Crippen LogP contribution < -0.4 is 0 Å². The van der Waals surface area contributed by atoms with E-state index in [1.807, 2.05) is 12.3 Å². The van der Waals surface area contributed by atoms with Crippen LogP contribution in [0.1, 0.15) is 43.4 Å². The van der Waals surface area contributed by atoms with E-state index in [2.05, 4.69) is 18.0 Å². The topological polar surface area (TPSA) is 33.1 Å². The Labute approximate surface area is 90.4 Å². The molecule has 0 bridgehead atoms. The number of pyridine rings is 1. The maximum absolute atomic E-state index is 10.4. The standard InChI is InChI=1S/C13H17NO/c1-13(6-7-13)12(15)10-5-4-9-3-2-8-14-11(9)10/h2-3,8,10,12,15H,4-7H2,1H3. The molecular weight excluding hydrogens is 186 g/mol. The molecule has 2 heteroatoms. The van der Waals surface area contributed by atoms with E-state index >= 15 is 0 Å². The second-order valence-corrected chi connectivity index (χ2v) is 5.29. The van der Waals surface area contributed by atoms with Crippen LogP contribution in [0.4, 0.5) is 0 Å². The van der Waals surface area contributed by atoms with Gasteiger partial charge in [-0.1, -0.05) is 13.0 Å². The summed E-state index contributed by atoms with van der Waals surface area (Å²) in [7, 11) is 0. The van der Waals surface area contributed by atoms with Crippen LogP contribution in [0.2, 0.25) is 0 Å². The van der Waals surface area contributed by atoms with Crippen molar-refractivity contribution in [3.8, 4) is 0 Å². The van der Waals surface area contributed by atoms with Crippen molar-refractivity contribution < 1.29 is 5.11 Å². The largest absolute Gasteiger partial charge is 0.392 e. The van der Waals surface area contributed by atoms with Gasteiger partial charge in [-0.3, -0.25) is 4.98 Å². The van der Waals surface area contributed by atoms with Gasteiger partial charge in [-0.15, -0.1) is 0 Å². The highest BCUT2D eigenvalue weighted by Crippen LogP contribution is 2.53. The van der Waals surface area contributed by atoms with Gasteiger partial charge in [0.2, 0.25) is 0 Å². The molecule has 0 aliphatic heterocycles. The molecule has 15 heavy (non-hydrogen) atoms. The van der Waals surface area contributed by atoms with Gasteiger partial charge in [0.25, 0.3) is 0 Å². The first-order valence-corrected chi connectivity index (χ1v) is 5.82. The number of nitrogens with zero attached hydrogens (tertiary/aromatic N) is 1. The number of rotatable bonds is 2. The van der Waals surface area contributed by atoms with Gasteiger partial charge in [-0.05, 0) is 42.7 Å². The number of aryl methyl sites for hydroxylation is 1. The first-order valence-electron chi connectivity index (χ1n) is 5.82. The highest BCUT2D eigenvalue weighted by atomic mass is 16.3. The molecule has 3 rings (SSSR count). The molecule has 0 amide bonds. The normalized spacial score (nSPS) is 28.5. The van der Waals surface area contributed by atoms with Crippen molar-refractivity contribution in [3.05, 3.63) is 29.6 Å². The van der Waals surface area contributed by atoms with Crippen LogP contribution in [0.3, 0.4) is 0 Å². The van der Waals surface area contributed by atoms with Crippen molar-refractivity contribution in [2.24, 2.45) is 5.41 Å². The van der Waals surface area contributed by atoms with Crippen molar-refractivity contribution in [3.63, 3.8) is 0 Å². The molecule has 2 aliphatic rings. The monoisotopic (exact) mass is 203 g/mol. The minimum absolute atomic E-state index is 0.184. The van der Waals surface area contributed by atoms with Crippen LogP contribution in [0.15, 0.2) is 18.3 Å². The predicted molar refractivity (Wildman–Crippen MR) is 58.6 cm³/mol.